The average molecular weight is 274 g/mol. The van der Waals surface area contributed by atoms with Crippen molar-refractivity contribution in [2.24, 2.45) is 0 Å². The molecule has 100 valence electrons. The fourth-order valence-corrected chi connectivity index (χ4v) is 1.98. The van der Waals surface area contributed by atoms with Gasteiger partial charge in [-0.05, 0) is 18.2 Å². The van der Waals surface area contributed by atoms with Gasteiger partial charge in [0, 0.05) is 6.07 Å². The van der Waals surface area contributed by atoms with Crippen molar-refractivity contribution in [3.05, 3.63) is 53.6 Å². The summed E-state index contributed by atoms with van der Waals surface area (Å²) in [6, 6.07) is 8.16. The van der Waals surface area contributed by atoms with Gasteiger partial charge in [0.15, 0.2) is 0 Å². The van der Waals surface area contributed by atoms with E-state index in [0.717, 1.165) is 12.1 Å². The molecule has 2 aromatic carbocycles. The Kier molecular flexibility index (Phi) is 2.71. The number of aromatic nitrogens is 2. The molecule has 2 N–H and O–H groups in total. The minimum absolute atomic E-state index is 0.222. The van der Waals surface area contributed by atoms with Gasteiger partial charge >= 0.3 is 5.97 Å². The molecule has 4 nitrogen and oxygen atoms in total. The molecule has 0 saturated heterocycles. The molecule has 0 bridgehead atoms. The van der Waals surface area contributed by atoms with E-state index < -0.39 is 23.2 Å². The van der Waals surface area contributed by atoms with Gasteiger partial charge in [0.05, 0.1) is 22.2 Å². The Morgan fingerprint density at radius 3 is 2.60 bits per heavy atom. The number of aromatic amines is 1. The van der Waals surface area contributed by atoms with E-state index in [0.29, 0.717) is 5.52 Å². The highest BCUT2D eigenvalue weighted by Gasteiger charge is 2.15. The van der Waals surface area contributed by atoms with Crippen molar-refractivity contribution in [2.45, 2.75) is 0 Å². The van der Waals surface area contributed by atoms with Crippen molar-refractivity contribution < 1.29 is 18.7 Å². The fourth-order valence-electron chi connectivity index (χ4n) is 1.98. The van der Waals surface area contributed by atoms with Crippen molar-refractivity contribution in [2.75, 3.05) is 0 Å². The number of nitrogens with one attached hydrogen (secondary N) is 1. The van der Waals surface area contributed by atoms with E-state index >= 15 is 0 Å². The third kappa shape index (κ3) is 1.91. The Hall–Kier alpha value is -2.76. The molecule has 20 heavy (non-hydrogen) atoms. The first kappa shape index (κ1) is 12.3. The number of rotatable bonds is 2. The maximum atomic E-state index is 13.7. The summed E-state index contributed by atoms with van der Waals surface area (Å²) in [5.74, 6) is -2.49. The zero-order valence-electron chi connectivity index (χ0n) is 10.0. The van der Waals surface area contributed by atoms with E-state index in [1.165, 1.54) is 12.1 Å². The molecule has 1 heterocycles. The zero-order valence-corrected chi connectivity index (χ0v) is 10.0. The predicted molar refractivity (Wildman–Crippen MR) is 68.4 cm³/mol. The molecule has 0 atom stereocenters. The summed E-state index contributed by atoms with van der Waals surface area (Å²) in [5.41, 5.74) is 0.345. The van der Waals surface area contributed by atoms with E-state index in [-0.39, 0.29) is 16.9 Å². The third-order valence-corrected chi connectivity index (χ3v) is 2.93. The highest BCUT2D eigenvalue weighted by Crippen LogP contribution is 2.24. The van der Waals surface area contributed by atoms with Crippen molar-refractivity contribution >= 4 is 17.0 Å². The van der Waals surface area contributed by atoms with Gasteiger partial charge in [-0.25, -0.2) is 18.6 Å². The summed E-state index contributed by atoms with van der Waals surface area (Å²) in [4.78, 5) is 17.7. The first-order valence-electron chi connectivity index (χ1n) is 5.73. The molecule has 3 aromatic rings. The number of aromatic carboxylic acids is 1. The zero-order chi connectivity index (χ0) is 14.3. The number of carboxylic acids is 1. The van der Waals surface area contributed by atoms with Crippen molar-refractivity contribution in [1.29, 1.82) is 0 Å². The summed E-state index contributed by atoms with van der Waals surface area (Å²) in [6.45, 7) is 0. The molecule has 3 rings (SSSR count). The Balaban J connectivity index is 2.21. The number of hydrogen-bond acceptors (Lipinski definition) is 2. The monoisotopic (exact) mass is 274 g/mol. The summed E-state index contributed by atoms with van der Waals surface area (Å²) in [5, 5.41) is 8.86. The number of imidazole rings is 1. The highest BCUT2D eigenvalue weighted by molar-refractivity contribution is 5.93. The summed E-state index contributed by atoms with van der Waals surface area (Å²) >= 11 is 0. The van der Waals surface area contributed by atoms with Crippen LogP contribution in [0.25, 0.3) is 22.4 Å². The second kappa shape index (κ2) is 4.41. The average Bonchev–Trinajstić information content (AvgIpc) is 2.80. The van der Waals surface area contributed by atoms with Gasteiger partial charge in [-0.15, -0.1) is 0 Å². The molecule has 0 amide bonds. The van der Waals surface area contributed by atoms with Gasteiger partial charge < -0.3 is 10.1 Å². The quantitative estimate of drug-likeness (QED) is 0.754. The van der Waals surface area contributed by atoms with Gasteiger partial charge in [0.2, 0.25) is 0 Å². The highest BCUT2D eigenvalue weighted by atomic mass is 19.1. The number of benzene rings is 2. The van der Waals surface area contributed by atoms with E-state index in [4.69, 9.17) is 5.11 Å². The maximum absolute atomic E-state index is 13.7. The van der Waals surface area contributed by atoms with E-state index in [9.17, 15) is 13.6 Å². The van der Waals surface area contributed by atoms with Crippen LogP contribution in [0.4, 0.5) is 8.78 Å². The number of H-pyrrole nitrogens is 1. The molecule has 0 aliphatic heterocycles. The fraction of sp³-hybridized carbons (Fsp3) is 0. The van der Waals surface area contributed by atoms with Crippen LogP contribution < -0.4 is 0 Å². The van der Waals surface area contributed by atoms with Crippen LogP contribution in [0, 0.1) is 11.6 Å². The van der Waals surface area contributed by atoms with Crippen LogP contribution in [-0.2, 0) is 0 Å². The minimum Gasteiger partial charge on any atom is -0.478 e. The van der Waals surface area contributed by atoms with Gasteiger partial charge in [-0.1, -0.05) is 12.1 Å². The van der Waals surface area contributed by atoms with E-state index in [2.05, 4.69) is 9.97 Å². The lowest BCUT2D eigenvalue weighted by Gasteiger charge is -1.96. The lowest BCUT2D eigenvalue weighted by atomic mass is 10.2. The molecule has 6 heteroatoms. The Bertz CT molecular complexity index is 827. The standard InChI is InChI=1S/C14H8F2N2O2/c15-9-4-2-1-3-7(9)13-17-11-5-8(14(19)20)10(16)6-12(11)18-13/h1-6H,(H,17,18)(H,19,20). The first-order chi connectivity index (χ1) is 9.56. The van der Waals surface area contributed by atoms with Crippen LogP contribution in [0.1, 0.15) is 10.4 Å². The molecule has 0 unspecified atom stereocenters. The van der Waals surface area contributed by atoms with Crippen LogP contribution >= 0.6 is 0 Å². The Morgan fingerprint density at radius 1 is 1.15 bits per heavy atom. The van der Waals surface area contributed by atoms with Gasteiger partial charge in [0.1, 0.15) is 17.5 Å². The Labute approximate surface area is 111 Å². The van der Waals surface area contributed by atoms with Crippen LogP contribution in [0.2, 0.25) is 0 Å². The molecule has 0 fully saturated rings. The second-order valence-corrected chi connectivity index (χ2v) is 4.22. The first-order valence-corrected chi connectivity index (χ1v) is 5.73. The van der Waals surface area contributed by atoms with Crippen LogP contribution in [0.5, 0.6) is 0 Å². The number of nitrogens with zero attached hydrogens (tertiary/aromatic N) is 1. The molecular weight excluding hydrogens is 266 g/mol. The summed E-state index contributed by atoms with van der Waals surface area (Å²) in [6.07, 6.45) is 0. The van der Waals surface area contributed by atoms with Crippen LogP contribution in [0.15, 0.2) is 36.4 Å². The van der Waals surface area contributed by atoms with E-state index in [1.54, 1.807) is 12.1 Å². The van der Waals surface area contributed by atoms with Gasteiger partial charge in [-0.3, -0.25) is 0 Å². The summed E-state index contributed by atoms with van der Waals surface area (Å²) in [7, 11) is 0. The molecule has 0 aliphatic rings. The Morgan fingerprint density at radius 2 is 1.90 bits per heavy atom. The molecule has 0 radical (unpaired) electrons. The maximum Gasteiger partial charge on any atom is 0.338 e. The SMILES string of the molecule is O=C(O)c1cc2nc(-c3ccccc3F)[nH]c2cc1F. The molecule has 0 aliphatic carbocycles. The second-order valence-electron chi connectivity index (χ2n) is 4.22. The topological polar surface area (TPSA) is 66.0 Å². The molecule has 1 aromatic heterocycles. The van der Waals surface area contributed by atoms with Crippen LogP contribution in [-0.4, -0.2) is 21.0 Å². The number of carboxylic acid groups (broad SMARTS) is 1. The number of hydrogen-bond donors (Lipinski definition) is 2. The molecule has 0 spiro atoms. The molecule has 0 saturated carbocycles. The number of fused-ring (bicyclic) bond motifs is 1. The number of carbonyl (C=O) groups is 1. The predicted octanol–water partition coefficient (Wildman–Crippen LogP) is 3.21. The van der Waals surface area contributed by atoms with Gasteiger partial charge in [0.25, 0.3) is 0 Å². The smallest absolute Gasteiger partial charge is 0.338 e. The lowest BCUT2D eigenvalue weighted by molar-refractivity contribution is 0.0692. The summed E-state index contributed by atoms with van der Waals surface area (Å²) < 4.78 is 27.2. The lowest BCUT2D eigenvalue weighted by Crippen LogP contribution is -1.99. The normalized spacial score (nSPS) is 10.9. The van der Waals surface area contributed by atoms with Crippen molar-refractivity contribution in [3.8, 4) is 11.4 Å². The van der Waals surface area contributed by atoms with Crippen molar-refractivity contribution in [1.82, 2.24) is 9.97 Å². The minimum atomic E-state index is -1.38. The largest absolute Gasteiger partial charge is 0.478 e. The van der Waals surface area contributed by atoms with Crippen molar-refractivity contribution in [3.63, 3.8) is 0 Å². The van der Waals surface area contributed by atoms with Crippen LogP contribution in [0.3, 0.4) is 0 Å². The number of halogens is 2. The van der Waals surface area contributed by atoms with E-state index in [1.807, 2.05) is 0 Å². The van der Waals surface area contributed by atoms with Gasteiger partial charge in [-0.2, -0.15) is 0 Å². The molecular formula is C14H8F2N2O2. The third-order valence-electron chi connectivity index (χ3n) is 2.93.